The van der Waals surface area contributed by atoms with Gasteiger partial charge in [0, 0.05) is 13.5 Å². The molecule has 1 aromatic rings. The summed E-state index contributed by atoms with van der Waals surface area (Å²) in [5.41, 5.74) is 0. The molecular weight excluding hydrogens is 194 g/mol. The third-order valence-corrected chi connectivity index (χ3v) is 2.07. The first kappa shape index (κ1) is 11.7. The van der Waals surface area contributed by atoms with Crippen LogP contribution in [0.5, 0.6) is 0 Å². The van der Waals surface area contributed by atoms with Crippen LogP contribution in [0.2, 0.25) is 0 Å². The quantitative estimate of drug-likeness (QED) is 0.689. The van der Waals surface area contributed by atoms with Crippen LogP contribution in [0.1, 0.15) is 43.1 Å². The Balaban J connectivity index is 2.71. The van der Waals surface area contributed by atoms with Gasteiger partial charge in [0.25, 0.3) is 5.82 Å². The molecule has 0 aromatic carbocycles. The van der Waals surface area contributed by atoms with E-state index in [-0.39, 0.29) is 5.82 Å². The van der Waals surface area contributed by atoms with E-state index in [2.05, 4.69) is 17.0 Å². The molecule has 0 aliphatic heterocycles. The molecule has 84 valence electrons. The molecule has 0 aliphatic rings. The summed E-state index contributed by atoms with van der Waals surface area (Å²) < 4.78 is 6.46. The normalized spacial score (nSPS) is 10.3. The smallest absolute Gasteiger partial charge is 0.378 e. The van der Waals surface area contributed by atoms with Gasteiger partial charge in [-0.2, -0.15) is 0 Å². The molecule has 0 fully saturated rings. The van der Waals surface area contributed by atoms with Gasteiger partial charge in [-0.15, -0.1) is 5.10 Å². The lowest BCUT2D eigenvalue weighted by Crippen LogP contribution is -2.07. The predicted octanol–water partition coefficient (Wildman–Crippen LogP) is 1.33. The van der Waals surface area contributed by atoms with Gasteiger partial charge in [0.05, 0.1) is 6.61 Å². The molecule has 5 nitrogen and oxygen atoms in total. The van der Waals surface area contributed by atoms with Crippen molar-refractivity contribution in [2.24, 2.45) is 7.05 Å². The Labute approximate surface area is 89.5 Å². The van der Waals surface area contributed by atoms with E-state index in [0.717, 1.165) is 25.1 Å². The second-order valence-electron chi connectivity index (χ2n) is 3.30. The molecule has 1 heterocycles. The molecule has 0 N–H and O–H groups in total. The number of hydrogen-bond donors (Lipinski definition) is 0. The van der Waals surface area contributed by atoms with Crippen LogP contribution < -0.4 is 0 Å². The monoisotopic (exact) mass is 211 g/mol. The molecule has 1 rings (SSSR count). The highest BCUT2D eigenvalue weighted by molar-refractivity contribution is 5.84. The van der Waals surface area contributed by atoms with Crippen molar-refractivity contribution in [1.29, 1.82) is 0 Å². The highest BCUT2D eigenvalue weighted by Crippen LogP contribution is 2.03. The third-order valence-electron chi connectivity index (χ3n) is 2.07. The number of rotatable bonds is 5. The fourth-order valence-corrected chi connectivity index (χ4v) is 1.25. The zero-order valence-corrected chi connectivity index (χ0v) is 9.49. The number of unbranched alkanes of at least 4 members (excludes halogenated alkanes) is 1. The average Bonchev–Trinajstić information content (AvgIpc) is 2.57. The van der Waals surface area contributed by atoms with Crippen molar-refractivity contribution in [3.8, 4) is 0 Å². The Hall–Kier alpha value is -1.39. The van der Waals surface area contributed by atoms with E-state index in [1.165, 1.54) is 0 Å². The highest BCUT2D eigenvalue weighted by atomic mass is 16.5. The highest BCUT2D eigenvalue weighted by Gasteiger charge is 2.14. The minimum absolute atomic E-state index is 0.158. The van der Waals surface area contributed by atoms with Crippen molar-refractivity contribution in [2.75, 3.05) is 6.61 Å². The summed E-state index contributed by atoms with van der Waals surface area (Å²) in [6.07, 6.45) is 3.00. The van der Waals surface area contributed by atoms with E-state index in [1.54, 1.807) is 18.7 Å². The largest absolute Gasteiger partial charge is 0.460 e. The topological polar surface area (TPSA) is 57.0 Å². The van der Waals surface area contributed by atoms with Crippen LogP contribution in [0, 0.1) is 0 Å². The van der Waals surface area contributed by atoms with Crippen LogP contribution in [0.15, 0.2) is 0 Å². The van der Waals surface area contributed by atoms with Gasteiger partial charge in [0.2, 0.25) is 0 Å². The third kappa shape index (κ3) is 3.04. The molecule has 5 heteroatoms. The first-order chi connectivity index (χ1) is 7.19. The molecule has 0 saturated carbocycles. The maximum Gasteiger partial charge on any atom is 0.378 e. The van der Waals surface area contributed by atoms with E-state index in [4.69, 9.17) is 4.74 Å². The lowest BCUT2D eigenvalue weighted by molar-refractivity contribution is 0.0512. The molecule has 0 aliphatic carbocycles. The summed E-state index contributed by atoms with van der Waals surface area (Å²) >= 11 is 0. The average molecular weight is 211 g/mol. The van der Waals surface area contributed by atoms with Crippen molar-refractivity contribution in [1.82, 2.24) is 14.8 Å². The standard InChI is InChI=1S/C10H17N3O2/c1-4-6-7-8-11-9(12-13(8)3)10(14)15-5-2/h4-7H2,1-3H3. The lowest BCUT2D eigenvalue weighted by Gasteiger charge is -1.95. The van der Waals surface area contributed by atoms with E-state index in [1.807, 2.05) is 0 Å². The molecule has 15 heavy (non-hydrogen) atoms. The van der Waals surface area contributed by atoms with Crippen molar-refractivity contribution in [3.05, 3.63) is 11.6 Å². The van der Waals surface area contributed by atoms with Gasteiger partial charge in [-0.3, -0.25) is 4.68 Å². The van der Waals surface area contributed by atoms with Gasteiger partial charge in [0.1, 0.15) is 5.82 Å². The first-order valence-electron chi connectivity index (χ1n) is 5.26. The summed E-state index contributed by atoms with van der Waals surface area (Å²) in [6.45, 7) is 4.23. The second kappa shape index (κ2) is 5.48. The van der Waals surface area contributed by atoms with Gasteiger partial charge < -0.3 is 4.74 Å². The zero-order valence-electron chi connectivity index (χ0n) is 9.49. The summed E-state index contributed by atoms with van der Waals surface area (Å²) in [5.74, 6) is 0.543. The van der Waals surface area contributed by atoms with Crippen molar-refractivity contribution in [2.45, 2.75) is 33.1 Å². The van der Waals surface area contributed by atoms with E-state index >= 15 is 0 Å². The number of esters is 1. The molecule has 0 saturated heterocycles. The Kier molecular flexibility index (Phi) is 4.27. The van der Waals surface area contributed by atoms with Gasteiger partial charge in [-0.25, -0.2) is 9.78 Å². The molecule has 0 unspecified atom stereocenters. The van der Waals surface area contributed by atoms with E-state index in [0.29, 0.717) is 6.61 Å². The number of ether oxygens (including phenoxy) is 1. The van der Waals surface area contributed by atoms with Gasteiger partial charge in [-0.1, -0.05) is 13.3 Å². The van der Waals surface area contributed by atoms with Crippen LogP contribution in [0.25, 0.3) is 0 Å². The number of aromatic nitrogens is 3. The summed E-state index contributed by atoms with van der Waals surface area (Å²) in [4.78, 5) is 15.5. The minimum Gasteiger partial charge on any atom is -0.460 e. The van der Waals surface area contributed by atoms with Gasteiger partial charge in [0.15, 0.2) is 0 Å². The van der Waals surface area contributed by atoms with E-state index < -0.39 is 5.97 Å². The van der Waals surface area contributed by atoms with Crippen LogP contribution in [0.3, 0.4) is 0 Å². The zero-order chi connectivity index (χ0) is 11.3. The Morgan fingerprint density at radius 3 is 2.80 bits per heavy atom. The van der Waals surface area contributed by atoms with Crippen LogP contribution >= 0.6 is 0 Å². The van der Waals surface area contributed by atoms with Crippen molar-refractivity contribution >= 4 is 5.97 Å². The predicted molar refractivity (Wildman–Crippen MR) is 55.6 cm³/mol. The molecule has 0 bridgehead atoms. The fraction of sp³-hybridized carbons (Fsp3) is 0.700. The number of carbonyl (C=O) groups is 1. The number of nitrogens with zero attached hydrogens (tertiary/aromatic N) is 3. The van der Waals surface area contributed by atoms with Crippen molar-refractivity contribution < 1.29 is 9.53 Å². The molecule has 0 atom stereocenters. The SMILES string of the molecule is CCCCc1nc(C(=O)OCC)nn1C. The Morgan fingerprint density at radius 1 is 1.47 bits per heavy atom. The van der Waals surface area contributed by atoms with E-state index in [9.17, 15) is 4.79 Å². The second-order valence-corrected chi connectivity index (χ2v) is 3.30. The number of carbonyl (C=O) groups excluding carboxylic acids is 1. The number of hydrogen-bond acceptors (Lipinski definition) is 4. The molecule has 1 aromatic heterocycles. The van der Waals surface area contributed by atoms with Crippen LogP contribution in [0.4, 0.5) is 0 Å². The Bertz CT molecular complexity index is 333. The van der Waals surface area contributed by atoms with Gasteiger partial charge >= 0.3 is 5.97 Å². The molecular formula is C10H17N3O2. The summed E-state index contributed by atoms with van der Waals surface area (Å²) in [5, 5.41) is 4.01. The van der Waals surface area contributed by atoms with Crippen LogP contribution in [-0.2, 0) is 18.2 Å². The fourth-order valence-electron chi connectivity index (χ4n) is 1.25. The van der Waals surface area contributed by atoms with Crippen molar-refractivity contribution in [3.63, 3.8) is 0 Å². The Morgan fingerprint density at radius 2 is 2.20 bits per heavy atom. The van der Waals surface area contributed by atoms with Crippen LogP contribution in [-0.4, -0.2) is 27.3 Å². The maximum atomic E-state index is 11.3. The maximum absolute atomic E-state index is 11.3. The minimum atomic E-state index is -0.448. The molecule has 0 radical (unpaired) electrons. The van der Waals surface area contributed by atoms with Gasteiger partial charge in [-0.05, 0) is 13.3 Å². The molecule has 0 amide bonds. The summed E-state index contributed by atoms with van der Waals surface area (Å²) in [7, 11) is 1.79. The lowest BCUT2D eigenvalue weighted by atomic mass is 10.2. The molecule has 0 spiro atoms. The summed E-state index contributed by atoms with van der Waals surface area (Å²) in [6, 6.07) is 0. The first-order valence-corrected chi connectivity index (χ1v) is 5.26. The number of aryl methyl sites for hydroxylation is 2.